The summed E-state index contributed by atoms with van der Waals surface area (Å²) in [5.74, 6) is -1.14. The number of aromatic nitrogens is 1. The number of aliphatic hydroxyl groups is 1. The first-order valence-electron chi connectivity index (χ1n) is 8.78. The Kier molecular flexibility index (Phi) is 6.29. The molecule has 1 N–H and O–H groups in total. The minimum absolute atomic E-state index is 0.0585. The molecule has 1 heterocycles. The molecule has 0 unspecified atom stereocenters. The number of halogens is 1. The third kappa shape index (κ3) is 4.32. The van der Waals surface area contributed by atoms with Gasteiger partial charge in [-0.2, -0.15) is 0 Å². The third-order valence-corrected chi connectivity index (χ3v) is 4.82. The van der Waals surface area contributed by atoms with Crippen LogP contribution in [0.2, 0.25) is 5.02 Å². The summed E-state index contributed by atoms with van der Waals surface area (Å²) in [6, 6.07) is 17.0. The maximum atomic E-state index is 13.0. The topological polar surface area (TPSA) is 68.5 Å². The molecule has 1 aromatic heterocycles. The van der Waals surface area contributed by atoms with E-state index in [0.29, 0.717) is 16.3 Å². The van der Waals surface area contributed by atoms with Crippen LogP contribution < -0.4 is 4.74 Å². The molecule has 144 valence electrons. The van der Waals surface area contributed by atoms with Crippen molar-refractivity contribution < 1.29 is 19.4 Å². The van der Waals surface area contributed by atoms with Crippen LogP contribution in [0.25, 0.3) is 0 Å². The van der Waals surface area contributed by atoms with Gasteiger partial charge in [0.1, 0.15) is 11.9 Å². The van der Waals surface area contributed by atoms with Crippen molar-refractivity contribution in [2.24, 2.45) is 0 Å². The molecule has 0 saturated heterocycles. The maximum absolute atomic E-state index is 13.0. The molecule has 0 spiro atoms. The molecular weight excluding hydrogens is 378 g/mol. The number of aliphatic hydroxyl groups excluding tert-OH is 1. The van der Waals surface area contributed by atoms with Crippen LogP contribution >= 0.6 is 11.6 Å². The first-order chi connectivity index (χ1) is 13.5. The maximum Gasteiger partial charge on any atom is 0.231 e. The normalized spacial score (nSPS) is 13.0. The fourth-order valence-electron chi connectivity index (χ4n) is 3.13. The van der Waals surface area contributed by atoms with Crippen LogP contribution in [-0.2, 0) is 0 Å². The van der Waals surface area contributed by atoms with E-state index in [-0.39, 0.29) is 17.9 Å². The van der Waals surface area contributed by atoms with Crippen LogP contribution in [0.1, 0.15) is 33.1 Å². The molecule has 2 aromatic carbocycles. The number of ether oxygens (including phenoxy) is 1. The van der Waals surface area contributed by atoms with Gasteiger partial charge in [-0.15, -0.1) is 0 Å². The van der Waals surface area contributed by atoms with E-state index >= 15 is 0 Å². The third-order valence-electron chi connectivity index (χ3n) is 4.59. The van der Waals surface area contributed by atoms with Crippen LogP contribution in [0.5, 0.6) is 5.75 Å². The van der Waals surface area contributed by atoms with Gasteiger partial charge in [-0.1, -0.05) is 35.9 Å². The fraction of sp³-hybridized carbons (Fsp3) is 0.182. The van der Waals surface area contributed by atoms with Crippen molar-refractivity contribution in [2.75, 3.05) is 7.11 Å². The van der Waals surface area contributed by atoms with Crippen molar-refractivity contribution in [1.29, 1.82) is 0 Å². The second-order valence-electron chi connectivity index (χ2n) is 6.36. The number of para-hydroxylation sites is 1. The van der Waals surface area contributed by atoms with Gasteiger partial charge in [0.15, 0.2) is 5.78 Å². The molecule has 6 heteroatoms. The molecule has 0 saturated carbocycles. The Morgan fingerprint density at radius 2 is 1.79 bits per heavy atom. The zero-order chi connectivity index (χ0) is 20.1. The molecule has 2 atom stereocenters. The minimum Gasteiger partial charge on any atom is -0.496 e. The van der Waals surface area contributed by atoms with Gasteiger partial charge in [0.25, 0.3) is 0 Å². The Hall–Kier alpha value is -2.89. The lowest BCUT2D eigenvalue weighted by molar-refractivity contribution is 0.0650. The van der Waals surface area contributed by atoms with Crippen molar-refractivity contribution in [2.45, 2.75) is 18.4 Å². The summed E-state index contributed by atoms with van der Waals surface area (Å²) in [6.07, 6.45) is 1.77. The highest BCUT2D eigenvalue weighted by Gasteiger charge is 2.32. The lowest BCUT2D eigenvalue weighted by atomic mass is 9.86. The van der Waals surface area contributed by atoms with Crippen LogP contribution in [0.4, 0.5) is 0 Å². The van der Waals surface area contributed by atoms with Crippen molar-refractivity contribution >= 4 is 23.3 Å². The molecule has 5 nitrogen and oxygen atoms in total. The highest BCUT2D eigenvalue weighted by molar-refractivity contribution is 6.30. The molecule has 0 bridgehead atoms. The Morgan fingerprint density at radius 3 is 2.46 bits per heavy atom. The molecule has 0 radical (unpaired) electrons. The van der Waals surface area contributed by atoms with E-state index < -0.39 is 17.8 Å². The number of methoxy groups -OCH3 is 1. The Morgan fingerprint density at radius 1 is 1.07 bits per heavy atom. The number of benzene rings is 2. The van der Waals surface area contributed by atoms with Crippen LogP contribution in [0.15, 0.2) is 73.1 Å². The minimum atomic E-state index is -1.44. The lowest BCUT2D eigenvalue weighted by Crippen LogP contribution is -2.31. The van der Waals surface area contributed by atoms with Gasteiger partial charge in [0.2, 0.25) is 5.91 Å². The van der Waals surface area contributed by atoms with E-state index in [2.05, 4.69) is 0 Å². The zero-order valence-electron chi connectivity index (χ0n) is 15.3. The van der Waals surface area contributed by atoms with Gasteiger partial charge >= 0.3 is 0 Å². The van der Waals surface area contributed by atoms with Crippen LogP contribution in [0, 0.1) is 0 Å². The van der Waals surface area contributed by atoms with Gasteiger partial charge in [0.05, 0.1) is 12.7 Å². The highest BCUT2D eigenvalue weighted by Crippen LogP contribution is 2.30. The Bertz CT molecular complexity index is 968. The number of carbonyl (C=O) groups is 2. The van der Waals surface area contributed by atoms with Crippen LogP contribution in [0.3, 0.4) is 0 Å². The molecule has 0 fully saturated rings. The number of hydrogen-bond acceptors (Lipinski definition) is 4. The number of ketones is 1. The zero-order valence-corrected chi connectivity index (χ0v) is 16.0. The summed E-state index contributed by atoms with van der Waals surface area (Å²) >= 11 is 6.10. The van der Waals surface area contributed by atoms with Crippen molar-refractivity contribution in [3.8, 4) is 5.75 Å². The number of rotatable bonds is 7. The van der Waals surface area contributed by atoms with Crippen LogP contribution in [-0.4, -0.2) is 34.6 Å². The smallest absolute Gasteiger partial charge is 0.231 e. The lowest BCUT2D eigenvalue weighted by Gasteiger charge is -2.23. The van der Waals surface area contributed by atoms with E-state index in [1.165, 1.54) is 11.7 Å². The summed E-state index contributed by atoms with van der Waals surface area (Å²) in [4.78, 5) is 25.7. The van der Waals surface area contributed by atoms with Gasteiger partial charge in [-0.25, -0.2) is 0 Å². The predicted molar refractivity (Wildman–Crippen MR) is 107 cm³/mol. The number of Topliss-reactive ketones (excluding diaryl/α,β-unsaturated/α-hetero) is 1. The Labute approximate surface area is 168 Å². The van der Waals surface area contributed by atoms with E-state index in [1.807, 2.05) is 0 Å². The summed E-state index contributed by atoms with van der Waals surface area (Å²) in [5.41, 5.74) is 0.877. The average molecular weight is 398 g/mol. The number of carbonyl (C=O) groups excluding carboxylic acids is 2. The largest absolute Gasteiger partial charge is 0.496 e. The van der Waals surface area contributed by atoms with Crippen molar-refractivity contribution in [3.63, 3.8) is 0 Å². The first kappa shape index (κ1) is 19.9. The van der Waals surface area contributed by atoms with E-state index in [1.54, 1.807) is 73.1 Å². The van der Waals surface area contributed by atoms with E-state index in [4.69, 9.17) is 16.3 Å². The first-order valence-corrected chi connectivity index (χ1v) is 9.16. The summed E-state index contributed by atoms with van der Waals surface area (Å²) in [5, 5.41) is 11.4. The van der Waals surface area contributed by atoms with Gasteiger partial charge in [0, 0.05) is 29.8 Å². The molecular formula is C22H20ClNO4. The SMILES string of the molecule is COc1ccccc1C(=O)[C@H](O)[C@H](CC(=O)n1cccc1)c1cccc(Cl)c1. The molecule has 0 aliphatic carbocycles. The molecule has 3 rings (SSSR count). The second-order valence-corrected chi connectivity index (χ2v) is 6.80. The van der Waals surface area contributed by atoms with Gasteiger partial charge in [-0.05, 0) is 42.0 Å². The van der Waals surface area contributed by atoms with E-state index in [0.717, 1.165) is 0 Å². The number of hydrogen-bond donors (Lipinski definition) is 1. The van der Waals surface area contributed by atoms with Crippen molar-refractivity contribution in [1.82, 2.24) is 4.57 Å². The van der Waals surface area contributed by atoms with Gasteiger partial charge in [-0.3, -0.25) is 14.2 Å². The molecule has 28 heavy (non-hydrogen) atoms. The monoisotopic (exact) mass is 397 g/mol. The van der Waals surface area contributed by atoms with Gasteiger partial charge < -0.3 is 9.84 Å². The second kappa shape index (κ2) is 8.87. The highest BCUT2D eigenvalue weighted by atomic mass is 35.5. The molecule has 3 aromatic rings. The standard InChI is InChI=1S/C22H20ClNO4/c1-28-19-10-3-2-9-17(19)21(26)22(27)18(15-7-6-8-16(23)13-15)14-20(25)24-11-4-5-12-24/h2-13,18,22,27H,14H2,1H3/t18-,22-/m1/s1. The predicted octanol–water partition coefficient (Wildman–Crippen LogP) is 4.21. The Balaban J connectivity index is 1.95. The quantitative estimate of drug-likeness (QED) is 0.606. The van der Waals surface area contributed by atoms with E-state index in [9.17, 15) is 14.7 Å². The number of nitrogens with zero attached hydrogens (tertiary/aromatic N) is 1. The molecule has 0 aliphatic rings. The molecule has 0 aliphatic heterocycles. The fourth-order valence-corrected chi connectivity index (χ4v) is 3.33. The average Bonchev–Trinajstić information content (AvgIpc) is 3.26. The van der Waals surface area contributed by atoms with Crippen molar-refractivity contribution in [3.05, 3.63) is 89.2 Å². The summed E-state index contributed by atoms with van der Waals surface area (Å²) in [7, 11) is 1.46. The molecule has 0 amide bonds. The summed E-state index contributed by atoms with van der Waals surface area (Å²) in [6.45, 7) is 0. The summed E-state index contributed by atoms with van der Waals surface area (Å²) < 4.78 is 6.67.